The van der Waals surface area contributed by atoms with E-state index in [1.54, 1.807) is 4.90 Å². The predicted octanol–water partition coefficient (Wildman–Crippen LogP) is 4.23. The summed E-state index contributed by atoms with van der Waals surface area (Å²) in [6.07, 6.45) is 12.8. The van der Waals surface area contributed by atoms with Gasteiger partial charge in [0.1, 0.15) is 11.6 Å². The number of rotatable bonds is 10. The number of nitrogens with zero attached hydrogens (tertiary/aromatic N) is 4. The molecule has 1 aromatic rings. The topological polar surface area (TPSA) is 84.6 Å². The summed E-state index contributed by atoms with van der Waals surface area (Å²) in [4.78, 5) is 25.9. The largest absolute Gasteiger partial charge is 0.463 e. The Labute approximate surface area is 198 Å². The SMILES string of the molecule is CCCCOc1nc(N)c2c(n1)N(CCCC1CCCN(CC3CCCC3)C1)C(=O)C2.Cl. The highest BCUT2D eigenvalue weighted by atomic mass is 35.5. The number of carbonyl (C=O) groups excluding carboxylic acids is 1. The molecular formula is C24H40ClN5O2. The lowest BCUT2D eigenvalue weighted by atomic mass is 9.92. The first-order chi connectivity index (χ1) is 15.1. The molecule has 0 bridgehead atoms. The number of hydrogen-bond acceptors (Lipinski definition) is 6. The van der Waals surface area contributed by atoms with Crippen LogP contribution >= 0.6 is 12.4 Å². The van der Waals surface area contributed by atoms with E-state index in [1.807, 2.05) is 0 Å². The second-order valence-electron chi connectivity index (χ2n) is 9.68. The third-order valence-electron chi connectivity index (χ3n) is 7.20. The number of piperidine rings is 1. The number of ether oxygens (including phenoxy) is 1. The zero-order chi connectivity index (χ0) is 21.6. The normalized spacial score (nSPS) is 21.6. The number of halogens is 1. The lowest BCUT2D eigenvalue weighted by Crippen LogP contribution is -2.38. The van der Waals surface area contributed by atoms with Crippen molar-refractivity contribution in [1.29, 1.82) is 0 Å². The van der Waals surface area contributed by atoms with Crippen LogP contribution in [0, 0.1) is 11.8 Å². The number of unbranched alkanes of at least 4 members (excludes halogenated alkanes) is 1. The maximum Gasteiger partial charge on any atom is 0.320 e. The minimum Gasteiger partial charge on any atom is -0.463 e. The average molecular weight is 466 g/mol. The van der Waals surface area contributed by atoms with Crippen molar-refractivity contribution in [1.82, 2.24) is 14.9 Å². The third kappa shape index (κ3) is 6.25. The lowest BCUT2D eigenvalue weighted by molar-refractivity contribution is -0.117. The number of fused-ring (bicyclic) bond motifs is 1. The number of amides is 1. The first kappa shape index (κ1) is 25.0. The van der Waals surface area contributed by atoms with Gasteiger partial charge in [-0.25, -0.2) is 0 Å². The molecule has 1 aromatic heterocycles. The fraction of sp³-hybridized carbons (Fsp3) is 0.792. The molecule has 0 aromatic carbocycles. The van der Waals surface area contributed by atoms with Gasteiger partial charge in [0.15, 0.2) is 0 Å². The van der Waals surface area contributed by atoms with Gasteiger partial charge in [0.2, 0.25) is 5.91 Å². The van der Waals surface area contributed by atoms with E-state index in [0.29, 0.717) is 37.2 Å². The Balaban J connectivity index is 0.00000289. The second-order valence-corrected chi connectivity index (χ2v) is 9.68. The Morgan fingerprint density at radius 2 is 1.88 bits per heavy atom. The Kier molecular flexibility index (Phi) is 9.41. The standard InChI is InChI=1S/C24H39N5O2.ClH/c1-2-3-14-31-24-26-22(25)20-15-21(30)29(23(20)27-24)13-7-11-19-10-6-12-28(17-19)16-18-8-4-5-9-18;/h18-19H,2-17H2,1H3,(H2,25,26,27);1H. The molecule has 1 aliphatic carbocycles. The molecule has 3 heterocycles. The van der Waals surface area contributed by atoms with E-state index < -0.39 is 0 Å². The highest BCUT2D eigenvalue weighted by Gasteiger charge is 2.32. The summed E-state index contributed by atoms with van der Waals surface area (Å²) in [7, 11) is 0. The Hall–Kier alpha value is -1.60. The van der Waals surface area contributed by atoms with E-state index in [0.717, 1.165) is 36.7 Å². The van der Waals surface area contributed by atoms with Crippen LogP contribution in [0.2, 0.25) is 0 Å². The summed E-state index contributed by atoms with van der Waals surface area (Å²) in [6, 6.07) is 0.291. The molecular weight excluding hydrogens is 426 g/mol. The summed E-state index contributed by atoms with van der Waals surface area (Å²) in [6.45, 7) is 7.18. The van der Waals surface area contributed by atoms with E-state index in [2.05, 4.69) is 21.8 Å². The van der Waals surface area contributed by atoms with Crippen LogP contribution in [0.3, 0.4) is 0 Å². The number of anilines is 2. The van der Waals surface area contributed by atoms with Crippen LogP contribution in [0.15, 0.2) is 0 Å². The Bertz CT molecular complexity index is 756. The maximum absolute atomic E-state index is 12.6. The van der Waals surface area contributed by atoms with Gasteiger partial charge in [-0.3, -0.25) is 9.69 Å². The zero-order valence-corrected chi connectivity index (χ0v) is 20.4. The quantitative estimate of drug-likeness (QED) is 0.520. The van der Waals surface area contributed by atoms with E-state index in [1.165, 1.54) is 64.6 Å². The van der Waals surface area contributed by atoms with Crippen molar-refractivity contribution in [2.24, 2.45) is 11.8 Å². The monoisotopic (exact) mass is 465 g/mol. The lowest BCUT2D eigenvalue weighted by Gasteiger charge is -2.34. The van der Waals surface area contributed by atoms with Crippen LogP contribution in [0.1, 0.15) is 76.7 Å². The fourth-order valence-corrected chi connectivity index (χ4v) is 5.48. The van der Waals surface area contributed by atoms with E-state index in [4.69, 9.17) is 10.5 Å². The van der Waals surface area contributed by atoms with Crippen LogP contribution in [-0.4, -0.2) is 53.6 Å². The first-order valence-electron chi connectivity index (χ1n) is 12.5. The number of nitrogen functional groups attached to an aromatic ring is 1. The average Bonchev–Trinajstić information content (AvgIpc) is 3.37. The summed E-state index contributed by atoms with van der Waals surface area (Å²) < 4.78 is 5.66. The van der Waals surface area contributed by atoms with Gasteiger partial charge in [-0.15, -0.1) is 12.4 Å². The zero-order valence-electron chi connectivity index (χ0n) is 19.6. The van der Waals surface area contributed by atoms with Crippen molar-refractivity contribution in [3.8, 4) is 6.01 Å². The molecule has 4 rings (SSSR count). The van der Waals surface area contributed by atoms with Crippen LogP contribution in [-0.2, 0) is 11.2 Å². The predicted molar refractivity (Wildman–Crippen MR) is 131 cm³/mol. The molecule has 1 atom stereocenters. The van der Waals surface area contributed by atoms with Crippen molar-refractivity contribution >= 4 is 29.9 Å². The molecule has 7 nitrogen and oxygen atoms in total. The molecule has 3 aliphatic rings. The molecule has 1 saturated heterocycles. The Morgan fingerprint density at radius 1 is 1.09 bits per heavy atom. The van der Waals surface area contributed by atoms with Crippen LogP contribution < -0.4 is 15.4 Å². The highest BCUT2D eigenvalue weighted by Crippen LogP contribution is 2.33. The summed E-state index contributed by atoms with van der Waals surface area (Å²) in [5, 5.41) is 0. The fourth-order valence-electron chi connectivity index (χ4n) is 5.48. The van der Waals surface area contributed by atoms with Gasteiger partial charge in [-0.05, 0) is 63.3 Å². The summed E-state index contributed by atoms with van der Waals surface area (Å²) >= 11 is 0. The van der Waals surface area contributed by atoms with Crippen LogP contribution in [0.25, 0.3) is 0 Å². The Morgan fingerprint density at radius 3 is 2.66 bits per heavy atom. The molecule has 8 heteroatoms. The molecule has 2 fully saturated rings. The third-order valence-corrected chi connectivity index (χ3v) is 7.20. The number of likely N-dealkylation sites (tertiary alicyclic amines) is 1. The van der Waals surface area contributed by atoms with Gasteiger partial charge in [-0.2, -0.15) is 9.97 Å². The summed E-state index contributed by atoms with van der Waals surface area (Å²) in [5.41, 5.74) is 6.87. The first-order valence-corrected chi connectivity index (χ1v) is 12.5. The van der Waals surface area contributed by atoms with Crippen molar-refractivity contribution in [2.75, 3.05) is 43.4 Å². The van der Waals surface area contributed by atoms with Crippen molar-refractivity contribution in [3.05, 3.63) is 5.56 Å². The smallest absolute Gasteiger partial charge is 0.320 e. The van der Waals surface area contributed by atoms with Crippen LogP contribution in [0.5, 0.6) is 6.01 Å². The molecule has 180 valence electrons. The maximum atomic E-state index is 12.6. The molecule has 0 spiro atoms. The molecule has 2 aliphatic heterocycles. The van der Waals surface area contributed by atoms with Gasteiger partial charge < -0.3 is 15.4 Å². The number of carbonyl (C=O) groups is 1. The molecule has 1 amide bonds. The van der Waals surface area contributed by atoms with Crippen LogP contribution in [0.4, 0.5) is 11.6 Å². The minimum absolute atomic E-state index is 0. The van der Waals surface area contributed by atoms with Crippen molar-refractivity contribution in [3.63, 3.8) is 0 Å². The van der Waals surface area contributed by atoms with Gasteiger partial charge in [0.05, 0.1) is 13.0 Å². The molecule has 1 unspecified atom stereocenters. The van der Waals surface area contributed by atoms with E-state index in [9.17, 15) is 4.79 Å². The number of hydrogen-bond donors (Lipinski definition) is 1. The number of aromatic nitrogens is 2. The number of nitrogens with two attached hydrogens (primary N) is 1. The van der Waals surface area contributed by atoms with Crippen molar-refractivity contribution in [2.45, 2.75) is 77.6 Å². The van der Waals surface area contributed by atoms with Gasteiger partial charge in [0, 0.05) is 25.2 Å². The van der Waals surface area contributed by atoms with Crippen molar-refractivity contribution < 1.29 is 9.53 Å². The van der Waals surface area contributed by atoms with Gasteiger partial charge in [0.25, 0.3) is 0 Å². The second kappa shape index (κ2) is 12.0. The molecule has 0 radical (unpaired) electrons. The molecule has 2 N–H and O–H groups in total. The summed E-state index contributed by atoms with van der Waals surface area (Å²) in [5.74, 6) is 2.79. The van der Waals surface area contributed by atoms with E-state index >= 15 is 0 Å². The molecule has 32 heavy (non-hydrogen) atoms. The van der Waals surface area contributed by atoms with Gasteiger partial charge in [-0.1, -0.05) is 26.2 Å². The molecule has 1 saturated carbocycles. The van der Waals surface area contributed by atoms with Gasteiger partial charge >= 0.3 is 6.01 Å². The van der Waals surface area contributed by atoms with E-state index in [-0.39, 0.29) is 18.3 Å². The highest BCUT2D eigenvalue weighted by molar-refractivity contribution is 6.01. The minimum atomic E-state index is 0.